The number of rotatable bonds is 6. The summed E-state index contributed by atoms with van der Waals surface area (Å²) < 4.78 is 10.0. The molecule has 0 atom stereocenters. The first-order chi connectivity index (χ1) is 11.0. The van der Waals surface area contributed by atoms with E-state index < -0.39 is 5.97 Å². The van der Waals surface area contributed by atoms with Crippen molar-refractivity contribution in [1.82, 2.24) is 4.98 Å². The van der Waals surface area contributed by atoms with Crippen LogP contribution in [0.25, 0.3) is 0 Å². The van der Waals surface area contributed by atoms with E-state index in [1.807, 2.05) is 6.07 Å². The van der Waals surface area contributed by atoms with Gasteiger partial charge in [-0.05, 0) is 31.5 Å². The number of methoxy groups -OCH3 is 1. The number of nitrogens with zero attached hydrogens (tertiary/aromatic N) is 1. The number of carbonyl (C=O) groups excluding carboxylic acids is 2. The molecule has 6 nitrogen and oxygen atoms in total. The Kier molecular flexibility index (Phi) is 5.84. The third-order valence-corrected chi connectivity index (χ3v) is 4.03. The molecule has 2 aromatic rings. The van der Waals surface area contributed by atoms with Gasteiger partial charge in [-0.2, -0.15) is 0 Å². The highest BCUT2D eigenvalue weighted by Gasteiger charge is 2.18. The number of benzene rings is 1. The number of carbonyl (C=O) groups is 2. The molecule has 7 heteroatoms. The predicted molar refractivity (Wildman–Crippen MR) is 87.9 cm³/mol. The number of ether oxygens (including phenoxy) is 2. The van der Waals surface area contributed by atoms with Crippen LogP contribution in [0.1, 0.15) is 38.2 Å². The molecule has 0 fully saturated rings. The highest BCUT2D eigenvalue weighted by Crippen LogP contribution is 2.24. The molecule has 0 saturated carbocycles. The van der Waals surface area contributed by atoms with Crippen LogP contribution < -0.4 is 5.32 Å². The van der Waals surface area contributed by atoms with Crippen molar-refractivity contribution in [3.8, 4) is 0 Å². The van der Waals surface area contributed by atoms with Gasteiger partial charge in [-0.1, -0.05) is 23.5 Å². The molecule has 1 aromatic heterocycles. The average Bonchev–Trinajstić information content (AvgIpc) is 2.89. The number of esters is 1. The smallest absolute Gasteiger partial charge is 0.350 e. The van der Waals surface area contributed by atoms with E-state index in [1.54, 1.807) is 39.2 Å². The maximum absolute atomic E-state index is 12.3. The normalized spacial score (nSPS) is 10.4. The first-order valence-electron chi connectivity index (χ1n) is 7.09. The van der Waals surface area contributed by atoms with Crippen molar-refractivity contribution in [1.29, 1.82) is 0 Å². The summed E-state index contributed by atoms with van der Waals surface area (Å²) in [5.74, 6) is -0.711. The zero-order valence-corrected chi connectivity index (χ0v) is 14.0. The van der Waals surface area contributed by atoms with Gasteiger partial charge in [0.25, 0.3) is 5.91 Å². The lowest BCUT2D eigenvalue weighted by Gasteiger charge is -2.04. The lowest BCUT2D eigenvalue weighted by atomic mass is 10.1. The standard InChI is InChI=1S/C16H18N2O4S/c1-4-22-15(20)13-10(2)17-16(23-13)18-14(19)12-7-5-6-11(8-12)9-21-3/h5-8H,4,9H2,1-3H3,(H,17,18,19). The molecular formula is C16H18N2O4S. The van der Waals surface area contributed by atoms with E-state index in [4.69, 9.17) is 9.47 Å². The Bertz CT molecular complexity index is 712. The summed E-state index contributed by atoms with van der Waals surface area (Å²) in [7, 11) is 1.60. The van der Waals surface area contributed by atoms with E-state index in [-0.39, 0.29) is 5.91 Å². The third-order valence-electron chi connectivity index (χ3n) is 2.98. The van der Waals surface area contributed by atoms with Crippen molar-refractivity contribution in [3.05, 3.63) is 46.0 Å². The van der Waals surface area contributed by atoms with Gasteiger partial charge in [0, 0.05) is 12.7 Å². The van der Waals surface area contributed by atoms with E-state index >= 15 is 0 Å². The van der Waals surface area contributed by atoms with Crippen molar-refractivity contribution in [2.45, 2.75) is 20.5 Å². The fourth-order valence-electron chi connectivity index (χ4n) is 1.97. The molecule has 0 radical (unpaired) electrons. The van der Waals surface area contributed by atoms with E-state index in [0.29, 0.717) is 34.5 Å². The molecule has 1 aromatic carbocycles. The van der Waals surface area contributed by atoms with Crippen LogP contribution in [0, 0.1) is 6.92 Å². The molecule has 0 aliphatic carbocycles. The summed E-state index contributed by atoms with van der Waals surface area (Å²) in [4.78, 5) is 28.7. The van der Waals surface area contributed by atoms with Crippen molar-refractivity contribution in [2.75, 3.05) is 19.0 Å². The fourth-order valence-corrected chi connectivity index (χ4v) is 2.83. The first-order valence-corrected chi connectivity index (χ1v) is 7.90. The molecule has 2 rings (SSSR count). The maximum Gasteiger partial charge on any atom is 0.350 e. The summed E-state index contributed by atoms with van der Waals surface area (Å²) in [6.07, 6.45) is 0. The van der Waals surface area contributed by atoms with Crippen LogP contribution in [0.5, 0.6) is 0 Å². The van der Waals surface area contributed by atoms with Crippen LogP contribution in [0.4, 0.5) is 5.13 Å². The number of thiazole rings is 1. The van der Waals surface area contributed by atoms with Gasteiger partial charge in [-0.3, -0.25) is 10.1 Å². The van der Waals surface area contributed by atoms with E-state index in [2.05, 4.69) is 10.3 Å². The Hall–Kier alpha value is -2.25. The first kappa shape index (κ1) is 17.1. The Morgan fingerprint density at radius 1 is 1.35 bits per heavy atom. The van der Waals surface area contributed by atoms with Gasteiger partial charge in [-0.15, -0.1) is 0 Å². The topological polar surface area (TPSA) is 77.5 Å². The van der Waals surface area contributed by atoms with Crippen molar-refractivity contribution in [3.63, 3.8) is 0 Å². The second-order valence-corrected chi connectivity index (χ2v) is 5.74. The second-order valence-electron chi connectivity index (χ2n) is 4.74. The van der Waals surface area contributed by atoms with Gasteiger partial charge in [0.2, 0.25) is 0 Å². The summed E-state index contributed by atoms with van der Waals surface area (Å²) in [6, 6.07) is 7.14. The molecule has 0 spiro atoms. The molecule has 1 N–H and O–H groups in total. The maximum atomic E-state index is 12.3. The molecule has 1 heterocycles. The van der Waals surface area contributed by atoms with Crippen LogP contribution in [0.15, 0.2) is 24.3 Å². The fraction of sp³-hybridized carbons (Fsp3) is 0.312. The number of hydrogen-bond acceptors (Lipinski definition) is 6. The monoisotopic (exact) mass is 334 g/mol. The molecule has 0 unspecified atom stereocenters. The molecular weight excluding hydrogens is 316 g/mol. The molecule has 0 bridgehead atoms. The van der Waals surface area contributed by atoms with Gasteiger partial charge in [0.1, 0.15) is 4.88 Å². The van der Waals surface area contributed by atoms with Crippen LogP contribution in [-0.2, 0) is 16.1 Å². The molecule has 0 aliphatic heterocycles. The number of amides is 1. The number of hydrogen-bond donors (Lipinski definition) is 1. The van der Waals surface area contributed by atoms with Crippen LogP contribution >= 0.6 is 11.3 Å². The van der Waals surface area contributed by atoms with E-state index in [9.17, 15) is 9.59 Å². The average molecular weight is 334 g/mol. The SMILES string of the molecule is CCOC(=O)c1sc(NC(=O)c2cccc(COC)c2)nc1C. The molecule has 1 amide bonds. The van der Waals surface area contributed by atoms with Crippen LogP contribution in [-0.4, -0.2) is 30.6 Å². The quantitative estimate of drug-likeness (QED) is 0.822. The van der Waals surface area contributed by atoms with E-state index in [1.165, 1.54) is 0 Å². The Balaban J connectivity index is 2.13. The van der Waals surface area contributed by atoms with Crippen molar-refractivity contribution < 1.29 is 19.1 Å². The summed E-state index contributed by atoms with van der Waals surface area (Å²) in [5.41, 5.74) is 1.95. The minimum Gasteiger partial charge on any atom is -0.462 e. The van der Waals surface area contributed by atoms with Gasteiger partial charge in [0.15, 0.2) is 5.13 Å². The predicted octanol–water partition coefficient (Wildman–Crippen LogP) is 3.03. The lowest BCUT2D eigenvalue weighted by molar-refractivity contribution is 0.0531. The van der Waals surface area contributed by atoms with Gasteiger partial charge >= 0.3 is 5.97 Å². The van der Waals surface area contributed by atoms with Crippen LogP contribution in [0.2, 0.25) is 0 Å². The lowest BCUT2D eigenvalue weighted by Crippen LogP contribution is -2.12. The summed E-state index contributed by atoms with van der Waals surface area (Å²) in [6.45, 7) is 4.18. The minimum absolute atomic E-state index is 0.285. The Labute approximate surface area is 138 Å². The molecule has 122 valence electrons. The number of aryl methyl sites for hydroxylation is 1. The number of nitrogens with one attached hydrogen (secondary N) is 1. The zero-order valence-electron chi connectivity index (χ0n) is 13.2. The molecule has 23 heavy (non-hydrogen) atoms. The van der Waals surface area contributed by atoms with Crippen LogP contribution in [0.3, 0.4) is 0 Å². The van der Waals surface area contributed by atoms with E-state index in [0.717, 1.165) is 16.9 Å². The third kappa shape index (κ3) is 4.37. The Morgan fingerprint density at radius 2 is 2.13 bits per heavy atom. The van der Waals surface area contributed by atoms with Crippen molar-refractivity contribution in [2.24, 2.45) is 0 Å². The highest BCUT2D eigenvalue weighted by atomic mass is 32.1. The zero-order chi connectivity index (χ0) is 16.8. The number of aromatic nitrogens is 1. The van der Waals surface area contributed by atoms with Gasteiger partial charge < -0.3 is 9.47 Å². The second kappa shape index (κ2) is 7.85. The number of anilines is 1. The largest absolute Gasteiger partial charge is 0.462 e. The highest BCUT2D eigenvalue weighted by molar-refractivity contribution is 7.17. The summed E-state index contributed by atoms with van der Waals surface area (Å²) in [5, 5.41) is 3.07. The molecule has 0 saturated heterocycles. The van der Waals surface area contributed by atoms with Crippen molar-refractivity contribution >= 4 is 28.3 Å². The van der Waals surface area contributed by atoms with Gasteiger partial charge in [0.05, 0.1) is 18.9 Å². The van der Waals surface area contributed by atoms with Gasteiger partial charge in [-0.25, -0.2) is 9.78 Å². The Morgan fingerprint density at radius 3 is 2.83 bits per heavy atom. The minimum atomic E-state index is -0.426. The summed E-state index contributed by atoms with van der Waals surface area (Å²) >= 11 is 1.10. The molecule has 0 aliphatic rings.